The van der Waals surface area contributed by atoms with Crippen LogP contribution in [0.15, 0.2) is 0 Å². The molecule has 4 heteroatoms. The maximum Gasteiger partial charge on any atom is 0.300 e. The van der Waals surface area contributed by atoms with Gasteiger partial charge in [0.1, 0.15) is 0 Å². The third-order valence-corrected chi connectivity index (χ3v) is 0.761. The average molecular weight is 149 g/mol. The van der Waals surface area contributed by atoms with Gasteiger partial charge in [0, 0.05) is 13.0 Å². The molecule has 0 fully saturated rings. The number of hydrogen-bond donors (Lipinski definition) is 3. The smallest absolute Gasteiger partial charge is 0.300 e. The summed E-state index contributed by atoms with van der Waals surface area (Å²) in [6.45, 7) is 4.52. The summed E-state index contributed by atoms with van der Waals surface area (Å²) in [5, 5.41) is 15.9. The number of carboxylic acid groups (broad SMARTS) is 1. The van der Waals surface area contributed by atoms with Crippen LogP contribution in [-0.2, 0) is 4.79 Å². The van der Waals surface area contributed by atoms with Crippen molar-refractivity contribution in [3.05, 3.63) is 0 Å². The van der Waals surface area contributed by atoms with Gasteiger partial charge in [0.25, 0.3) is 5.97 Å². The molecular weight excluding hydrogens is 134 g/mol. The van der Waals surface area contributed by atoms with Gasteiger partial charge in [0.15, 0.2) is 0 Å². The first-order chi connectivity index (χ1) is 4.37. The van der Waals surface area contributed by atoms with Crippen LogP contribution < -0.4 is 5.73 Å². The third-order valence-electron chi connectivity index (χ3n) is 0.761. The number of aliphatic carboxylic acids is 1. The lowest BCUT2D eigenvalue weighted by Gasteiger charge is -2.04. The van der Waals surface area contributed by atoms with E-state index in [-0.39, 0.29) is 12.1 Å². The van der Waals surface area contributed by atoms with Crippen LogP contribution in [0.1, 0.15) is 20.8 Å². The minimum atomic E-state index is -0.833. The first kappa shape index (κ1) is 12.1. The second-order valence-electron chi connectivity index (χ2n) is 2.12. The molecule has 0 bridgehead atoms. The van der Waals surface area contributed by atoms with E-state index in [1.807, 2.05) is 0 Å². The van der Waals surface area contributed by atoms with Gasteiger partial charge in [-0.15, -0.1) is 0 Å². The molecule has 0 rings (SSSR count). The fourth-order valence-corrected chi connectivity index (χ4v) is 0. The number of carboxylic acids is 1. The highest BCUT2D eigenvalue weighted by atomic mass is 16.4. The van der Waals surface area contributed by atoms with Gasteiger partial charge in [-0.2, -0.15) is 0 Å². The molecule has 4 N–H and O–H groups in total. The highest BCUT2D eigenvalue weighted by molar-refractivity contribution is 5.62. The molecule has 0 aliphatic heterocycles. The SMILES string of the molecule is CC(=O)O.CC(N)C(C)O. The first-order valence-corrected chi connectivity index (χ1v) is 3.01. The number of carbonyl (C=O) groups is 1. The molecule has 0 saturated heterocycles. The Morgan fingerprint density at radius 3 is 1.60 bits per heavy atom. The molecule has 0 aliphatic carbocycles. The number of rotatable bonds is 1. The van der Waals surface area contributed by atoms with Crippen LogP contribution in [0.3, 0.4) is 0 Å². The summed E-state index contributed by atoms with van der Waals surface area (Å²) in [6, 6.07) is -0.0926. The van der Waals surface area contributed by atoms with Gasteiger partial charge in [-0.25, -0.2) is 0 Å². The van der Waals surface area contributed by atoms with Crippen molar-refractivity contribution in [1.82, 2.24) is 0 Å². The Bertz CT molecular complexity index is 81.0. The fraction of sp³-hybridized carbons (Fsp3) is 0.833. The van der Waals surface area contributed by atoms with E-state index in [1.165, 1.54) is 0 Å². The Morgan fingerprint density at radius 2 is 1.60 bits per heavy atom. The fourth-order valence-electron chi connectivity index (χ4n) is 0. The van der Waals surface area contributed by atoms with E-state index in [1.54, 1.807) is 13.8 Å². The van der Waals surface area contributed by atoms with E-state index in [2.05, 4.69) is 0 Å². The number of aliphatic hydroxyl groups excluding tert-OH is 1. The topological polar surface area (TPSA) is 83.5 Å². The average Bonchev–Trinajstić information content (AvgIpc) is 1.63. The summed E-state index contributed by atoms with van der Waals surface area (Å²) in [6.07, 6.45) is -0.370. The summed E-state index contributed by atoms with van der Waals surface area (Å²) in [5.41, 5.74) is 5.19. The summed E-state index contributed by atoms with van der Waals surface area (Å²) in [5.74, 6) is -0.833. The van der Waals surface area contributed by atoms with Crippen molar-refractivity contribution in [2.75, 3.05) is 0 Å². The van der Waals surface area contributed by atoms with E-state index in [4.69, 9.17) is 20.7 Å². The second-order valence-corrected chi connectivity index (χ2v) is 2.12. The van der Waals surface area contributed by atoms with Gasteiger partial charge >= 0.3 is 0 Å². The number of nitrogens with two attached hydrogens (primary N) is 1. The van der Waals surface area contributed by atoms with Gasteiger partial charge in [0.05, 0.1) is 6.10 Å². The quantitative estimate of drug-likeness (QED) is 0.482. The largest absolute Gasteiger partial charge is 0.481 e. The summed E-state index contributed by atoms with van der Waals surface area (Å²) in [7, 11) is 0. The molecule has 4 nitrogen and oxygen atoms in total. The number of hydrogen-bond acceptors (Lipinski definition) is 3. The van der Waals surface area contributed by atoms with Gasteiger partial charge < -0.3 is 15.9 Å². The van der Waals surface area contributed by atoms with Crippen molar-refractivity contribution in [2.24, 2.45) is 5.73 Å². The van der Waals surface area contributed by atoms with E-state index in [9.17, 15) is 0 Å². The van der Waals surface area contributed by atoms with Gasteiger partial charge in [-0.1, -0.05) is 0 Å². The van der Waals surface area contributed by atoms with Crippen LogP contribution in [-0.4, -0.2) is 28.3 Å². The second kappa shape index (κ2) is 6.51. The Labute approximate surface area is 60.7 Å². The maximum absolute atomic E-state index is 9.00. The van der Waals surface area contributed by atoms with Crippen molar-refractivity contribution >= 4 is 5.97 Å². The minimum absolute atomic E-state index is 0.0926. The van der Waals surface area contributed by atoms with E-state index >= 15 is 0 Å². The van der Waals surface area contributed by atoms with Crippen LogP contribution >= 0.6 is 0 Å². The molecule has 0 aromatic carbocycles. The molecule has 0 aliphatic rings. The van der Waals surface area contributed by atoms with Crippen molar-refractivity contribution in [3.63, 3.8) is 0 Å². The molecule has 0 heterocycles. The predicted molar refractivity (Wildman–Crippen MR) is 38.6 cm³/mol. The van der Waals surface area contributed by atoms with Crippen molar-refractivity contribution in [1.29, 1.82) is 0 Å². The maximum atomic E-state index is 9.00. The number of aliphatic hydroxyl groups is 1. The molecule has 0 aromatic heterocycles. The Hall–Kier alpha value is -0.610. The first-order valence-electron chi connectivity index (χ1n) is 3.01. The zero-order chi connectivity index (χ0) is 8.73. The van der Waals surface area contributed by atoms with Gasteiger partial charge in [-0.3, -0.25) is 4.79 Å². The summed E-state index contributed by atoms with van der Waals surface area (Å²) < 4.78 is 0. The van der Waals surface area contributed by atoms with Crippen molar-refractivity contribution in [3.8, 4) is 0 Å². The predicted octanol–water partition coefficient (Wildman–Crippen LogP) is -0.195. The van der Waals surface area contributed by atoms with Crippen LogP contribution in [0.2, 0.25) is 0 Å². The monoisotopic (exact) mass is 149 g/mol. The van der Waals surface area contributed by atoms with Crippen LogP contribution in [0.25, 0.3) is 0 Å². The zero-order valence-corrected chi connectivity index (χ0v) is 6.53. The minimum Gasteiger partial charge on any atom is -0.481 e. The Balaban J connectivity index is 0. The Kier molecular flexibility index (Phi) is 7.88. The Morgan fingerprint density at radius 1 is 1.50 bits per heavy atom. The molecule has 0 saturated carbocycles. The molecule has 0 spiro atoms. The molecule has 0 radical (unpaired) electrons. The van der Waals surface area contributed by atoms with Gasteiger partial charge in [0.2, 0.25) is 0 Å². The lowest BCUT2D eigenvalue weighted by atomic mass is 10.2. The normalized spacial score (nSPS) is 14.5. The van der Waals surface area contributed by atoms with Crippen molar-refractivity contribution < 1.29 is 15.0 Å². The standard InChI is InChI=1S/C4H11NO.C2H4O2/c1-3(5)4(2)6;1-2(3)4/h3-4,6H,5H2,1-2H3;1H3,(H,3,4). The van der Waals surface area contributed by atoms with Crippen LogP contribution in [0, 0.1) is 0 Å². The molecule has 62 valence electrons. The highest BCUT2D eigenvalue weighted by Crippen LogP contribution is 1.81. The zero-order valence-electron chi connectivity index (χ0n) is 6.53. The van der Waals surface area contributed by atoms with Crippen molar-refractivity contribution in [2.45, 2.75) is 32.9 Å². The molecule has 2 unspecified atom stereocenters. The van der Waals surface area contributed by atoms with E-state index in [0.29, 0.717) is 0 Å². The third kappa shape index (κ3) is 26.3. The summed E-state index contributed by atoms with van der Waals surface area (Å²) in [4.78, 5) is 9.00. The van der Waals surface area contributed by atoms with Crippen LogP contribution in [0.4, 0.5) is 0 Å². The molecule has 0 amide bonds. The lowest BCUT2D eigenvalue weighted by Crippen LogP contribution is -2.28. The van der Waals surface area contributed by atoms with E-state index < -0.39 is 5.97 Å². The summed E-state index contributed by atoms with van der Waals surface area (Å²) >= 11 is 0. The molecular formula is C6H15NO3. The van der Waals surface area contributed by atoms with Crippen LogP contribution in [0.5, 0.6) is 0 Å². The molecule has 0 aromatic rings. The lowest BCUT2D eigenvalue weighted by molar-refractivity contribution is -0.134. The highest BCUT2D eigenvalue weighted by Gasteiger charge is 1.97. The van der Waals surface area contributed by atoms with Gasteiger partial charge in [-0.05, 0) is 13.8 Å². The molecule has 10 heavy (non-hydrogen) atoms. The van der Waals surface area contributed by atoms with E-state index in [0.717, 1.165) is 6.92 Å². The molecule has 2 atom stereocenters.